The summed E-state index contributed by atoms with van der Waals surface area (Å²) in [6.07, 6.45) is 2.96. The van der Waals surface area contributed by atoms with Crippen LogP contribution in [0, 0.1) is 0 Å². The molecule has 1 aliphatic carbocycles. The molecule has 3 aliphatic rings. The molecule has 10 nitrogen and oxygen atoms in total. The molecule has 40 heavy (non-hydrogen) atoms. The van der Waals surface area contributed by atoms with Crippen LogP contribution >= 0.6 is 0 Å². The average Bonchev–Trinajstić information content (AvgIpc) is 3.63. The van der Waals surface area contributed by atoms with Crippen LogP contribution in [-0.4, -0.2) is 63.8 Å². The number of ether oxygens (including phenoxy) is 2. The van der Waals surface area contributed by atoms with Crippen LogP contribution in [0.1, 0.15) is 55.0 Å². The van der Waals surface area contributed by atoms with Gasteiger partial charge in [0.15, 0.2) is 5.69 Å². The number of hydrogen-bond acceptors (Lipinski definition) is 9. The number of aliphatic imine (C=N–C) groups is 1. The molecule has 1 saturated carbocycles. The van der Waals surface area contributed by atoms with E-state index in [1.54, 1.807) is 26.3 Å². The summed E-state index contributed by atoms with van der Waals surface area (Å²) in [6.45, 7) is 0. The van der Waals surface area contributed by atoms with Crippen LogP contribution in [0.2, 0.25) is 0 Å². The van der Waals surface area contributed by atoms with Crippen LogP contribution in [0.25, 0.3) is 11.4 Å². The molecule has 13 heteroatoms. The van der Waals surface area contributed by atoms with Crippen molar-refractivity contribution in [1.29, 1.82) is 0 Å². The van der Waals surface area contributed by atoms with Gasteiger partial charge in [0.25, 0.3) is 0 Å². The van der Waals surface area contributed by atoms with Crippen molar-refractivity contribution in [2.75, 3.05) is 26.2 Å². The SMILES string of the molecule is CN=C1CC2CCC(/C1=C(/N)c1c(OC)ncnc1C1CC1)N2c1ccc(-n2nc(C(F)(F)F)cc2OC)cn1. The minimum Gasteiger partial charge on any atom is -0.481 e. The molecule has 2 unspecified atom stereocenters. The summed E-state index contributed by atoms with van der Waals surface area (Å²) in [5.74, 6) is 1.43. The summed E-state index contributed by atoms with van der Waals surface area (Å²) in [4.78, 5) is 20.4. The molecule has 6 rings (SSSR count). The van der Waals surface area contributed by atoms with Gasteiger partial charge in [-0.3, -0.25) is 4.99 Å². The van der Waals surface area contributed by atoms with E-state index in [-0.39, 0.29) is 18.0 Å². The highest BCUT2D eigenvalue weighted by molar-refractivity contribution is 6.09. The number of pyridine rings is 1. The van der Waals surface area contributed by atoms with Gasteiger partial charge >= 0.3 is 6.18 Å². The zero-order valence-corrected chi connectivity index (χ0v) is 22.3. The average molecular weight is 555 g/mol. The third kappa shape index (κ3) is 4.33. The Hall–Kier alpha value is -4.16. The first-order valence-corrected chi connectivity index (χ1v) is 13.1. The van der Waals surface area contributed by atoms with Crippen molar-refractivity contribution >= 4 is 17.2 Å². The second-order valence-electron chi connectivity index (χ2n) is 10.1. The standard InChI is InChI=1S/C27H29F3N8O2/c1-32-17-10-15-6-8-18(22(17)24(31)23-25(14-4-5-14)34-13-35-26(23)40-3)37(15)20-9-7-16(12-33-20)38-21(39-2)11-19(36-38)27(28,29)30/h7,9,11-15,18H,4-6,8,10,31H2,1-3H3/b24-22+,32-17?. The van der Waals surface area contributed by atoms with Crippen molar-refractivity contribution < 1.29 is 22.6 Å². The molecular weight excluding hydrogens is 525 g/mol. The molecule has 2 N–H and O–H groups in total. The van der Waals surface area contributed by atoms with Gasteiger partial charge in [-0.1, -0.05) is 0 Å². The fraction of sp³-hybridized carbons (Fsp3) is 0.444. The normalized spacial score (nSPS) is 23.1. The number of hydrogen-bond donors (Lipinski definition) is 1. The van der Waals surface area contributed by atoms with E-state index < -0.39 is 11.9 Å². The van der Waals surface area contributed by atoms with Crippen molar-refractivity contribution in [3.8, 4) is 17.4 Å². The first kappa shape index (κ1) is 26.1. The lowest BCUT2D eigenvalue weighted by Gasteiger charge is -2.39. The predicted octanol–water partition coefficient (Wildman–Crippen LogP) is 4.15. The number of nitrogens with zero attached hydrogens (tertiary/aromatic N) is 7. The maximum atomic E-state index is 13.2. The predicted molar refractivity (Wildman–Crippen MR) is 142 cm³/mol. The summed E-state index contributed by atoms with van der Waals surface area (Å²) in [6, 6.07) is 4.41. The number of aromatic nitrogens is 5. The Kier molecular flexibility index (Phi) is 6.38. The molecule has 2 atom stereocenters. The second kappa shape index (κ2) is 9.79. The Bertz CT molecular complexity index is 1490. The van der Waals surface area contributed by atoms with E-state index in [1.165, 1.54) is 19.6 Å². The quantitative estimate of drug-likeness (QED) is 0.483. The van der Waals surface area contributed by atoms with E-state index in [0.717, 1.165) is 59.0 Å². The summed E-state index contributed by atoms with van der Waals surface area (Å²) in [7, 11) is 4.65. The van der Waals surface area contributed by atoms with Crippen LogP contribution in [-0.2, 0) is 6.18 Å². The van der Waals surface area contributed by atoms with Crippen molar-refractivity contribution in [1.82, 2.24) is 24.7 Å². The molecule has 3 aromatic heterocycles. The maximum absolute atomic E-state index is 13.2. The molecule has 2 aliphatic heterocycles. The third-order valence-corrected chi connectivity index (χ3v) is 7.82. The summed E-state index contributed by atoms with van der Waals surface area (Å²) in [5, 5.41) is 3.69. The number of halogens is 3. The molecule has 0 amide bonds. The summed E-state index contributed by atoms with van der Waals surface area (Å²) >= 11 is 0. The molecule has 3 aromatic rings. The highest BCUT2D eigenvalue weighted by Crippen LogP contribution is 2.47. The van der Waals surface area contributed by atoms with Crippen molar-refractivity contribution in [2.24, 2.45) is 10.7 Å². The van der Waals surface area contributed by atoms with Crippen molar-refractivity contribution in [3.63, 3.8) is 0 Å². The maximum Gasteiger partial charge on any atom is 0.435 e. The molecule has 0 spiro atoms. The zero-order chi connectivity index (χ0) is 28.2. The largest absolute Gasteiger partial charge is 0.481 e. The van der Waals surface area contributed by atoms with Crippen LogP contribution < -0.4 is 20.1 Å². The van der Waals surface area contributed by atoms with E-state index in [2.05, 4.69) is 29.9 Å². The van der Waals surface area contributed by atoms with Gasteiger partial charge in [0.2, 0.25) is 11.8 Å². The summed E-state index contributed by atoms with van der Waals surface area (Å²) < 4.78 is 51.6. The van der Waals surface area contributed by atoms with Crippen LogP contribution in [0.15, 0.2) is 41.3 Å². The van der Waals surface area contributed by atoms with Crippen LogP contribution in [0.3, 0.4) is 0 Å². The van der Waals surface area contributed by atoms with Crippen LogP contribution in [0.4, 0.5) is 19.0 Å². The van der Waals surface area contributed by atoms with Crippen LogP contribution in [0.5, 0.6) is 11.8 Å². The van der Waals surface area contributed by atoms with E-state index >= 15 is 0 Å². The monoisotopic (exact) mass is 554 g/mol. The molecule has 0 radical (unpaired) electrons. The highest BCUT2D eigenvalue weighted by atomic mass is 19.4. The summed E-state index contributed by atoms with van der Waals surface area (Å²) in [5.41, 5.74) is 10.3. The van der Waals surface area contributed by atoms with E-state index in [4.69, 9.17) is 15.2 Å². The third-order valence-electron chi connectivity index (χ3n) is 7.82. The van der Waals surface area contributed by atoms with Gasteiger partial charge in [0, 0.05) is 42.8 Å². The first-order valence-electron chi connectivity index (χ1n) is 13.1. The second-order valence-corrected chi connectivity index (χ2v) is 10.1. The minimum atomic E-state index is -4.59. The number of piperidine rings is 1. The number of alkyl halides is 3. The number of methoxy groups -OCH3 is 2. The van der Waals surface area contributed by atoms with Crippen molar-refractivity contribution in [2.45, 2.75) is 56.3 Å². The van der Waals surface area contributed by atoms with E-state index in [1.807, 2.05) is 0 Å². The molecular formula is C27H29F3N8O2. The fourth-order valence-electron chi connectivity index (χ4n) is 5.87. The number of fused-ring (bicyclic) bond motifs is 2. The fourth-order valence-corrected chi connectivity index (χ4v) is 5.87. The van der Waals surface area contributed by atoms with Gasteiger partial charge in [-0.25, -0.2) is 15.0 Å². The Morgan fingerprint density at radius 1 is 1.07 bits per heavy atom. The molecule has 5 heterocycles. The van der Waals surface area contributed by atoms with E-state index in [0.29, 0.717) is 35.4 Å². The van der Waals surface area contributed by atoms with Gasteiger partial charge in [0.1, 0.15) is 12.1 Å². The molecule has 0 aromatic carbocycles. The number of rotatable bonds is 6. The first-order chi connectivity index (χ1) is 19.2. The van der Waals surface area contributed by atoms with Gasteiger partial charge in [-0.05, 0) is 37.8 Å². The minimum absolute atomic E-state index is 0.0350. The van der Waals surface area contributed by atoms with Crippen molar-refractivity contribution in [3.05, 3.63) is 53.2 Å². The lowest BCUT2D eigenvalue weighted by atomic mass is 9.89. The lowest BCUT2D eigenvalue weighted by Crippen LogP contribution is -2.46. The Balaban J connectivity index is 1.39. The Labute approximate surface area is 228 Å². The van der Waals surface area contributed by atoms with Gasteiger partial charge in [0.05, 0.1) is 49.1 Å². The highest BCUT2D eigenvalue weighted by Gasteiger charge is 2.45. The number of anilines is 1. The van der Waals surface area contributed by atoms with Gasteiger partial charge in [-0.15, -0.1) is 0 Å². The zero-order valence-electron chi connectivity index (χ0n) is 22.3. The smallest absolute Gasteiger partial charge is 0.435 e. The molecule has 2 bridgehead atoms. The molecule has 3 fully saturated rings. The van der Waals surface area contributed by atoms with E-state index in [9.17, 15) is 13.2 Å². The topological polar surface area (TPSA) is 117 Å². The molecule has 210 valence electrons. The van der Waals surface area contributed by atoms with Gasteiger partial charge in [-0.2, -0.15) is 23.0 Å². The lowest BCUT2D eigenvalue weighted by molar-refractivity contribution is -0.141. The Morgan fingerprint density at radius 3 is 2.50 bits per heavy atom. The Morgan fingerprint density at radius 2 is 1.88 bits per heavy atom. The molecule has 2 saturated heterocycles. The van der Waals surface area contributed by atoms with Gasteiger partial charge < -0.3 is 20.1 Å². The number of nitrogens with two attached hydrogens (primary N) is 1.